The predicted molar refractivity (Wildman–Crippen MR) is 74.7 cm³/mol. The zero-order chi connectivity index (χ0) is 14.0. The van der Waals surface area contributed by atoms with Crippen LogP contribution in [-0.4, -0.2) is 15.7 Å². The molecule has 5 heteroatoms. The summed E-state index contributed by atoms with van der Waals surface area (Å²) in [7, 11) is 1.71. The molecule has 0 aliphatic heterocycles. The summed E-state index contributed by atoms with van der Waals surface area (Å²) < 4.78 is 1.51. The van der Waals surface area contributed by atoms with Crippen molar-refractivity contribution >= 4 is 11.6 Å². The summed E-state index contributed by atoms with van der Waals surface area (Å²) in [6, 6.07) is 9.70. The molecule has 1 aromatic heterocycles. The minimum absolute atomic E-state index is 0.0803. The molecule has 0 saturated heterocycles. The second kappa shape index (κ2) is 5.14. The second-order valence-corrected chi connectivity index (χ2v) is 4.58. The topological polar surface area (TPSA) is 72.9 Å². The smallest absolute Gasteiger partial charge is 0.272 e. The van der Waals surface area contributed by atoms with Gasteiger partial charge in [0.05, 0.1) is 17.4 Å². The number of nitrogens with zero attached hydrogens (tertiary/aromatic N) is 2. The summed E-state index contributed by atoms with van der Waals surface area (Å²) in [5.41, 5.74) is 8.42. The highest BCUT2D eigenvalue weighted by molar-refractivity contribution is 5.98. The fourth-order valence-corrected chi connectivity index (χ4v) is 2.03. The van der Waals surface area contributed by atoms with E-state index >= 15 is 0 Å². The molecule has 1 heterocycles. The van der Waals surface area contributed by atoms with Crippen LogP contribution in [0, 0.1) is 6.92 Å². The molecule has 1 unspecified atom stereocenters. The van der Waals surface area contributed by atoms with Crippen molar-refractivity contribution in [3.05, 3.63) is 47.3 Å². The Morgan fingerprint density at radius 3 is 2.53 bits per heavy atom. The molecule has 5 nitrogen and oxygen atoms in total. The van der Waals surface area contributed by atoms with Crippen molar-refractivity contribution in [1.29, 1.82) is 0 Å². The lowest BCUT2D eigenvalue weighted by molar-refractivity contribution is 0.0931. The van der Waals surface area contributed by atoms with Gasteiger partial charge in [0, 0.05) is 7.05 Å². The van der Waals surface area contributed by atoms with Crippen molar-refractivity contribution in [2.75, 3.05) is 5.73 Å². The van der Waals surface area contributed by atoms with Crippen LogP contribution in [-0.2, 0) is 7.05 Å². The van der Waals surface area contributed by atoms with E-state index in [2.05, 4.69) is 10.4 Å². The van der Waals surface area contributed by atoms with Gasteiger partial charge in [-0.2, -0.15) is 5.10 Å². The van der Waals surface area contributed by atoms with Crippen LogP contribution in [0.3, 0.4) is 0 Å². The molecule has 0 radical (unpaired) electrons. The highest BCUT2D eigenvalue weighted by Crippen LogP contribution is 2.17. The Balaban J connectivity index is 2.18. The summed E-state index contributed by atoms with van der Waals surface area (Å²) in [5, 5.41) is 7.07. The number of amides is 1. The van der Waals surface area contributed by atoms with E-state index < -0.39 is 0 Å². The molecule has 100 valence electrons. The number of anilines is 1. The predicted octanol–water partition coefficient (Wildman–Crippen LogP) is 1.80. The highest BCUT2D eigenvalue weighted by Gasteiger charge is 2.19. The molecule has 2 aromatic rings. The van der Waals surface area contributed by atoms with Crippen molar-refractivity contribution < 1.29 is 4.79 Å². The van der Waals surface area contributed by atoms with Gasteiger partial charge in [0.1, 0.15) is 5.69 Å². The number of nitrogens with two attached hydrogens (primary N) is 1. The standard InChI is InChI=1S/C14H18N4O/c1-9(11-7-5-4-6-8-11)16-14(19)13-12(15)10(2)17-18(13)3/h4-9H,15H2,1-3H3,(H,16,19). The Morgan fingerprint density at radius 1 is 1.37 bits per heavy atom. The maximum absolute atomic E-state index is 12.2. The van der Waals surface area contributed by atoms with Gasteiger partial charge in [0.15, 0.2) is 0 Å². The van der Waals surface area contributed by atoms with E-state index in [1.807, 2.05) is 37.3 Å². The number of carbonyl (C=O) groups excluding carboxylic acids is 1. The van der Waals surface area contributed by atoms with Crippen LogP contribution >= 0.6 is 0 Å². The van der Waals surface area contributed by atoms with Crippen molar-refractivity contribution in [2.45, 2.75) is 19.9 Å². The molecule has 1 amide bonds. The lowest BCUT2D eigenvalue weighted by Gasteiger charge is -2.14. The molecular weight excluding hydrogens is 240 g/mol. The number of hydrogen-bond acceptors (Lipinski definition) is 3. The van der Waals surface area contributed by atoms with E-state index in [1.54, 1.807) is 14.0 Å². The molecule has 0 aliphatic rings. The summed E-state index contributed by atoms with van der Waals surface area (Å²) in [6.07, 6.45) is 0. The normalized spacial score (nSPS) is 12.2. The van der Waals surface area contributed by atoms with Crippen LogP contribution in [0.1, 0.15) is 34.7 Å². The molecule has 3 N–H and O–H groups in total. The summed E-state index contributed by atoms with van der Waals surface area (Å²) in [5.74, 6) is -0.211. The minimum atomic E-state index is -0.211. The first-order chi connectivity index (χ1) is 9.00. The summed E-state index contributed by atoms with van der Waals surface area (Å²) in [4.78, 5) is 12.2. The molecule has 1 aromatic carbocycles. The number of rotatable bonds is 3. The van der Waals surface area contributed by atoms with Crippen LogP contribution in [0.2, 0.25) is 0 Å². The van der Waals surface area contributed by atoms with Gasteiger partial charge in [-0.25, -0.2) is 0 Å². The average Bonchev–Trinajstić information content (AvgIpc) is 2.64. The van der Waals surface area contributed by atoms with Gasteiger partial charge in [-0.1, -0.05) is 30.3 Å². The zero-order valence-electron chi connectivity index (χ0n) is 11.3. The van der Waals surface area contributed by atoms with Gasteiger partial charge in [0.2, 0.25) is 0 Å². The minimum Gasteiger partial charge on any atom is -0.395 e. The Bertz CT molecular complexity index is 589. The van der Waals surface area contributed by atoms with Gasteiger partial charge in [-0.15, -0.1) is 0 Å². The molecular formula is C14H18N4O. The average molecular weight is 258 g/mol. The van der Waals surface area contributed by atoms with Gasteiger partial charge in [-0.05, 0) is 19.4 Å². The molecule has 0 saturated carbocycles. The monoisotopic (exact) mass is 258 g/mol. The third-order valence-corrected chi connectivity index (χ3v) is 3.13. The third-order valence-electron chi connectivity index (χ3n) is 3.13. The fourth-order valence-electron chi connectivity index (χ4n) is 2.03. The summed E-state index contributed by atoms with van der Waals surface area (Å²) in [6.45, 7) is 3.72. The van der Waals surface area contributed by atoms with E-state index in [4.69, 9.17) is 5.73 Å². The first kappa shape index (κ1) is 13.1. The molecule has 0 fully saturated rings. The fraction of sp³-hybridized carbons (Fsp3) is 0.286. The van der Waals surface area contributed by atoms with Crippen LogP contribution in [0.15, 0.2) is 30.3 Å². The maximum atomic E-state index is 12.2. The molecule has 2 rings (SSSR count). The first-order valence-corrected chi connectivity index (χ1v) is 6.15. The van der Waals surface area contributed by atoms with Gasteiger partial charge in [0.25, 0.3) is 5.91 Å². The van der Waals surface area contributed by atoms with Crippen molar-refractivity contribution in [3.8, 4) is 0 Å². The van der Waals surface area contributed by atoms with Crippen molar-refractivity contribution in [2.24, 2.45) is 7.05 Å². The Kier molecular flexibility index (Phi) is 3.55. The maximum Gasteiger partial charge on any atom is 0.272 e. The van der Waals surface area contributed by atoms with Gasteiger partial charge >= 0.3 is 0 Å². The molecule has 19 heavy (non-hydrogen) atoms. The third kappa shape index (κ3) is 2.59. The van der Waals surface area contributed by atoms with E-state index in [-0.39, 0.29) is 11.9 Å². The van der Waals surface area contributed by atoms with E-state index in [0.29, 0.717) is 17.1 Å². The van der Waals surface area contributed by atoms with Crippen LogP contribution in [0.25, 0.3) is 0 Å². The van der Waals surface area contributed by atoms with E-state index in [0.717, 1.165) is 5.56 Å². The number of nitrogens with one attached hydrogen (secondary N) is 1. The SMILES string of the molecule is Cc1nn(C)c(C(=O)NC(C)c2ccccc2)c1N. The Labute approximate surface area is 112 Å². The van der Waals surface area contributed by atoms with Gasteiger partial charge < -0.3 is 11.1 Å². The number of hydrogen-bond donors (Lipinski definition) is 2. The molecule has 0 aliphatic carbocycles. The van der Waals surface area contributed by atoms with Crippen LogP contribution in [0.5, 0.6) is 0 Å². The molecule has 0 bridgehead atoms. The lowest BCUT2D eigenvalue weighted by Crippen LogP contribution is -2.29. The number of benzene rings is 1. The molecule has 1 atom stereocenters. The Morgan fingerprint density at radius 2 is 2.00 bits per heavy atom. The van der Waals surface area contributed by atoms with Crippen molar-refractivity contribution in [1.82, 2.24) is 15.1 Å². The van der Waals surface area contributed by atoms with E-state index in [9.17, 15) is 4.79 Å². The Hall–Kier alpha value is -2.30. The quantitative estimate of drug-likeness (QED) is 0.881. The number of aryl methyl sites for hydroxylation is 2. The number of nitrogen functional groups attached to an aromatic ring is 1. The largest absolute Gasteiger partial charge is 0.395 e. The molecule has 0 spiro atoms. The van der Waals surface area contributed by atoms with Crippen LogP contribution in [0.4, 0.5) is 5.69 Å². The first-order valence-electron chi connectivity index (χ1n) is 6.15. The van der Waals surface area contributed by atoms with E-state index in [1.165, 1.54) is 4.68 Å². The van der Waals surface area contributed by atoms with Gasteiger partial charge in [-0.3, -0.25) is 9.48 Å². The zero-order valence-corrected chi connectivity index (χ0v) is 11.3. The van der Waals surface area contributed by atoms with Crippen molar-refractivity contribution in [3.63, 3.8) is 0 Å². The summed E-state index contributed by atoms with van der Waals surface area (Å²) >= 11 is 0. The second-order valence-electron chi connectivity index (χ2n) is 4.58. The van der Waals surface area contributed by atoms with Crippen LogP contribution < -0.4 is 11.1 Å². The highest BCUT2D eigenvalue weighted by atomic mass is 16.2. The number of aromatic nitrogens is 2. The lowest BCUT2D eigenvalue weighted by atomic mass is 10.1. The number of carbonyl (C=O) groups is 1.